The second-order valence-corrected chi connectivity index (χ2v) is 8.78. The molecule has 2 amide bonds. The fraction of sp³-hybridized carbons (Fsp3) is 0.385. The summed E-state index contributed by atoms with van der Waals surface area (Å²) in [6.07, 6.45) is 2.12. The summed E-state index contributed by atoms with van der Waals surface area (Å²) >= 11 is 0. The highest BCUT2D eigenvalue weighted by molar-refractivity contribution is 6.45. The minimum atomic E-state index is -0.305. The predicted molar refractivity (Wildman–Crippen MR) is 125 cm³/mol. The molecule has 2 aromatic carbocycles. The van der Waals surface area contributed by atoms with Crippen molar-refractivity contribution in [3.8, 4) is 11.5 Å². The van der Waals surface area contributed by atoms with Crippen LogP contribution in [-0.4, -0.2) is 44.0 Å². The monoisotopic (exact) mass is 434 g/mol. The van der Waals surface area contributed by atoms with Crippen LogP contribution in [0.3, 0.4) is 0 Å². The smallest absolute Gasteiger partial charge is 0.282 e. The largest absolute Gasteiger partial charge is 0.493 e. The quantitative estimate of drug-likeness (QED) is 0.656. The number of hydrogen-bond acceptors (Lipinski definition) is 5. The molecule has 168 valence electrons. The van der Waals surface area contributed by atoms with Crippen LogP contribution in [0, 0.1) is 19.8 Å². The summed E-state index contributed by atoms with van der Waals surface area (Å²) in [5.74, 6) is 0.988. The zero-order chi connectivity index (χ0) is 23.0. The van der Waals surface area contributed by atoms with E-state index in [9.17, 15) is 9.59 Å². The Bertz CT molecular complexity index is 1080. The number of carbonyl (C=O) groups excluding carboxylic acids is 2. The van der Waals surface area contributed by atoms with E-state index in [1.165, 1.54) is 4.90 Å². The second kappa shape index (κ2) is 8.69. The van der Waals surface area contributed by atoms with Crippen molar-refractivity contribution < 1.29 is 19.1 Å². The lowest BCUT2D eigenvalue weighted by atomic mass is 9.97. The van der Waals surface area contributed by atoms with Gasteiger partial charge in [0.1, 0.15) is 5.70 Å². The second-order valence-electron chi connectivity index (χ2n) is 8.78. The Morgan fingerprint density at radius 1 is 0.906 bits per heavy atom. The van der Waals surface area contributed by atoms with Gasteiger partial charge in [-0.2, -0.15) is 0 Å². The summed E-state index contributed by atoms with van der Waals surface area (Å²) in [5.41, 5.74) is 4.18. The van der Waals surface area contributed by atoms with E-state index in [1.807, 2.05) is 38.1 Å². The van der Waals surface area contributed by atoms with E-state index in [-0.39, 0.29) is 11.8 Å². The van der Waals surface area contributed by atoms with Gasteiger partial charge in [0.05, 0.1) is 25.5 Å². The van der Waals surface area contributed by atoms with Gasteiger partial charge < -0.3 is 14.4 Å². The molecule has 6 nitrogen and oxygen atoms in total. The first-order chi connectivity index (χ1) is 15.3. The highest BCUT2D eigenvalue weighted by atomic mass is 16.5. The van der Waals surface area contributed by atoms with Crippen LogP contribution in [-0.2, 0) is 9.59 Å². The number of nitrogens with zero attached hydrogens (tertiary/aromatic N) is 2. The average molecular weight is 435 g/mol. The molecule has 0 radical (unpaired) electrons. The van der Waals surface area contributed by atoms with E-state index >= 15 is 0 Å². The molecule has 1 fully saturated rings. The summed E-state index contributed by atoms with van der Waals surface area (Å²) in [5, 5.41) is 0. The molecule has 1 unspecified atom stereocenters. The highest BCUT2D eigenvalue weighted by Crippen LogP contribution is 2.39. The molecule has 1 saturated heterocycles. The number of likely N-dealkylation sites (tertiary alicyclic amines) is 1. The molecule has 4 rings (SSSR count). The number of aryl methyl sites for hydroxylation is 2. The molecule has 2 heterocycles. The summed E-state index contributed by atoms with van der Waals surface area (Å²) in [6, 6.07) is 11.2. The molecule has 6 heteroatoms. The van der Waals surface area contributed by atoms with E-state index in [2.05, 4.69) is 11.8 Å². The Labute approximate surface area is 189 Å². The number of benzene rings is 2. The molecule has 0 saturated carbocycles. The third-order valence-corrected chi connectivity index (χ3v) is 6.17. The molecule has 0 aliphatic carbocycles. The fourth-order valence-corrected chi connectivity index (χ4v) is 4.77. The number of rotatable bonds is 5. The normalized spacial score (nSPS) is 19.1. The topological polar surface area (TPSA) is 59.1 Å². The van der Waals surface area contributed by atoms with Crippen LogP contribution in [0.4, 0.5) is 5.69 Å². The Kier molecular flexibility index (Phi) is 5.96. The van der Waals surface area contributed by atoms with Crippen molar-refractivity contribution in [3.63, 3.8) is 0 Å². The van der Waals surface area contributed by atoms with Crippen LogP contribution < -0.4 is 14.4 Å². The van der Waals surface area contributed by atoms with Gasteiger partial charge in [-0.15, -0.1) is 0 Å². The van der Waals surface area contributed by atoms with E-state index in [0.29, 0.717) is 39.9 Å². The van der Waals surface area contributed by atoms with Gasteiger partial charge in [-0.05, 0) is 73.6 Å². The number of hydrogen-bond donors (Lipinski definition) is 0. The molecular weight excluding hydrogens is 404 g/mol. The predicted octanol–water partition coefficient (Wildman–Crippen LogP) is 4.34. The maximum Gasteiger partial charge on any atom is 0.282 e. The first-order valence-corrected chi connectivity index (χ1v) is 11.0. The third-order valence-electron chi connectivity index (χ3n) is 6.17. The lowest BCUT2D eigenvalue weighted by molar-refractivity contribution is -0.120. The number of ether oxygens (including phenoxy) is 2. The summed E-state index contributed by atoms with van der Waals surface area (Å²) < 4.78 is 10.8. The minimum absolute atomic E-state index is 0.265. The molecule has 0 spiro atoms. The fourth-order valence-electron chi connectivity index (χ4n) is 4.77. The lowest BCUT2D eigenvalue weighted by Gasteiger charge is -2.33. The third kappa shape index (κ3) is 3.85. The van der Waals surface area contributed by atoms with Gasteiger partial charge in [0.25, 0.3) is 11.8 Å². The number of carbonyl (C=O) groups is 2. The van der Waals surface area contributed by atoms with Crippen LogP contribution in [0.5, 0.6) is 11.5 Å². The number of imide groups is 1. The molecular formula is C26H30N2O4. The van der Waals surface area contributed by atoms with Crippen molar-refractivity contribution in [3.05, 3.63) is 58.8 Å². The maximum atomic E-state index is 13.8. The molecule has 0 aromatic heterocycles. The molecule has 32 heavy (non-hydrogen) atoms. The van der Waals surface area contributed by atoms with Gasteiger partial charge in [0.2, 0.25) is 0 Å². The summed E-state index contributed by atoms with van der Waals surface area (Å²) in [7, 11) is 3.14. The number of piperidine rings is 1. The van der Waals surface area contributed by atoms with Gasteiger partial charge in [0, 0.05) is 13.1 Å². The molecule has 2 aromatic rings. The van der Waals surface area contributed by atoms with E-state index in [1.54, 1.807) is 26.4 Å². The summed E-state index contributed by atoms with van der Waals surface area (Å²) in [4.78, 5) is 30.9. The van der Waals surface area contributed by atoms with E-state index in [4.69, 9.17) is 9.47 Å². The Balaban J connectivity index is 1.87. The molecule has 0 N–H and O–H groups in total. The number of methoxy groups -OCH3 is 2. The van der Waals surface area contributed by atoms with Gasteiger partial charge in [-0.1, -0.05) is 19.1 Å². The zero-order valence-corrected chi connectivity index (χ0v) is 19.4. The van der Waals surface area contributed by atoms with Crippen molar-refractivity contribution in [2.24, 2.45) is 5.92 Å². The van der Waals surface area contributed by atoms with Crippen LogP contribution in [0.2, 0.25) is 0 Å². The van der Waals surface area contributed by atoms with Gasteiger partial charge in [-0.25, -0.2) is 4.90 Å². The average Bonchev–Trinajstić information content (AvgIpc) is 3.02. The van der Waals surface area contributed by atoms with Gasteiger partial charge in [-0.3, -0.25) is 9.59 Å². The first kappa shape index (κ1) is 21.9. The van der Waals surface area contributed by atoms with Crippen molar-refractivity contribution in [2.75, 3.05) is 32.2 Å². The van der Waals surface area contributed by atoms with E-state index in [0.717, 1.165) is 37.1 Å². The number of anilines is 1. The first-order valence-electron chi connectivity index (χ1n) is 11.0. The number of amides is 2. The SMILES string of the molecule is COc1ccc(C2=C(N3CCCC(C)C3)C(=O)N(c3cc(C)cc(C)c3)C2=O)cc1OC. The molecule has 0 bridgehead atoms. The minimum Gasteiger partial charge on any atom is -0.493 e. The van der Waals surface area contributed by atoms with Crippen molar-refractivity contribution in [1.29, 1.82) is 0 Å². The lowest BCUT2D eigenvalue weighted by Crippen LogP contribution is -2.39. The maximum absolute atomic E-state index is 13.8. The Morgan fingerprint density at radius 3 is 2.22 bits per heavy atom. The van der Waals surface area contributed by atoms with Crippen LogP contribution in [0.1, 0.15) is 36.5 Å². The van der Waals surface area contributed by atoms with Crippen LogP contribution >= 0.6 is 0 Å². The van der Waals surface area contributed by atoms with E-state index < -0.39 is 0 Å². The highest BCUT2D eigenvalue weighted by Gasteiger charge is 2.43. The Morgan fingerprint density at radius 2 is 1.59 bits per heavy atom. The van der Waals surface area contributed by atoms with Crippen molar-refractivity contribution in [2.45, 2.75) is 33.6 Å². The molecule has 2 aliphatic heterocycles. The van der Waals surface area contributed by atoms with Gasteiger partial charge >= 0.3 is 0 Å². The van der Waals surface area contributed by atoms with Crippen molar-refractivity contribution >= 4 is 23.1 Å². The standard InChI is InChI=1S/C26H30N2O4/c1-16-7-6-10-27(15-16)24-23(19-8-9-21(31-4)22(14-19)32-5)25(29)28(26(24)30)20-12-17(2)11-18(3)13-20/h8-9,11-14,16H,6-7,10,15H2,1-5H3. The molecule has 2 aliphatic rings. The zero-order valence-electron chi connectivity index (χ0n) is 19.4. The summed E-state index contributed by atoms with van der Waals surface area (Å²) in [6.45, 7) is 7.64. The van der Waals surface area contributed by atoms with Crippen LogP contribution in [0.15, 0.2) is 42.1 Å². The molecule has 1 atom stereocenters. The van der Waals surface area contributed by atoms with Crippen molar-refractivity contribution in [1.82, 2.24) is 4.90 Å². The Hall–Kier alpha value is -3.28. The van der Waals surface area contributed by atoms with Crippen LogP contribution in [0.25, 0.3) is 5.57 Å². The van der Waals surface area contributed by atoms with Gasteiger partial charge in [0.15, 0.2) is 11.5 Å².